The molecule has 1 saturated heterocycles. The number of aliphatic hydroxyl groups excluding tert-OH is 1. The number of carbonyl (C=O) groups is 2. The van der Waals surface area contributed by atoms with Crippen LogP contribution in [-0.2, 0) is 9.59 Å². The Balaban J connectivity index is 2.14. The van der Waals surface area contributed by atoms with Gasteiger partial charge in [0.1, 0.15) is 23.0 Å². The van der Waals surface area contributed by atoms with Crippen LogP contribution >= 0.6 is 0 Å². The highest BCUT2D eigenvalue weighted by Crippen LogP contribution is 2.44. The molecule has 2 aromatic carbocycles. The Morgan fingerprint density at radius 3 is 2.26 bits per heavy atom. The maximum atomic E-state index is 13.3. The molecule has 0 bridgehead atoms. The van der Waals surface area contributed by atoms with Gasteiger partial charge in [-0.25, -0.2) is 0 Å². The first kappa shape index (κ1) is 26.1. The highest BCUT2D eigenvalue weighted by molar-refractivity contribution is 6.46. The number of carbonyl (C=O) groups excluding carboxylic acids is 2. The van der Waals surface area contributed by atoms with E-state index in [4.69, 9.17) is 14.2 Å². The monoisotopic (exact) mass is 482 g/mol. The van der Waals surface area contributed by atoms with Crippen LogP contribution in [0.2, 0.25) is 0 Å². The van der Waals surface area contributed by atoms with Gasteiger partial charge in [0.15, 0.2) is 0 Å². The number of nitrogens with zero attached hydrogens (tertiary/aromatic N) is 2. The summed E-state index contributed by atoms with van der Waals surface area (Å²) in [5, 5.41) is 11.3. The van der Waals surface area contributed by atoms with Crippen LogP contribution in [0.1, 0.15) is 37.4 Å². The van der Waals surface area contributed by atoms with Crippen LogP contribution in [0.25, 0.3) is 5.76 Å². The van der Waals surface area contributed by atoms with Crippen molar-refractivity contribution < 1.29 is 28.9 Å². The molecule has 188 valence electrons. The number of amides is 1. The molecule has 0 radical (unpaired) electrons. The second-order valence-corrected chi connectivity index (χ2v) is 8.95. The van der Waals surface area contributed by atoms with Crippen molar-refractivity contribution in [2.75, 3.05) is 41.4 Å². The van der Waals surface area contributed by atoms with Crippen LogP contribution in [0.4, 0.5) is 0 Å². The number of rotatable bonds is 10. The SMILES string of the molecule is COc1ccc(OC)c([C@@H]2C(=C(O)c3ccc(OC(C)C)cc3)C(=O)C(=O)N2CCCN(C)C)c1. The van der Waals surface area contributed by atoms with Gasteiger partial charge in [-0.3, -0.25) is 9.59 Å². The van der Waals surface area contributed by atoms with E-state index >= 15 is 0 Å². The topological polar surface area (TPSA) is 88.5 Å². The van der Waals surface area contributed by atoms with Gasteiger partial charge in [-0.1, -0.05) is 0 Å². The number of hydrogen-bond acceptors (Lipinski definition) is 7. The number of hydrogen-bond donors (Lipinski definition) is 1. The summed E-state index contributed by atoms with van der Waals surface area (Å²) >= 11 is 0. The maximum absolute atomic E-state index is 13.3. The Kier molecular flexibility index (Phi) is 8.40. The molecule has 0 spiro atoms. The molecule has 2 aromatic rings. The molecule has 0 aliphatic carbocycles. The van der Waals surface area contributed by atoms with Crippen LogP contribution in [0.3, 0.4) is 0 Å². The van der Waals surface area contributed by atoms with E-state index in [2.05, 4.69) is 0 Å². The lowest BCUT2D eigenvalue weighted by Gasteiger charge is -2.27. The van der Waals surface area contributed by atoms with Crippen LogP contribution in [0.15, 0.2) is 48.0 Å². The van der Waals surface area contributed by atoms with Gasteiger partial charge in [-0.2, -0.15) is 0 Å². The van der Waals surface area contributed by atoms with E-state index in [0.29, 0.717) is 41.3 Å². The van der Waals surface area contributed by atoms with E-state index in [0.717, 1.165) is 6.54 Å². The Labute approximate surface area is 206 Å². The molecule has 1 heterocycles. The lowest BCUT2D eigenvalue weighted by atomic mass is 9.94. The lowest BCUT2D eigenvalue weighted by Crippen LogP contribution is -2.32. The zero-order valence-corrected chi connectivity index (χ0v) is 21.2. The molecular weight excluding hydrogens is 448 g/mol. The number of aliphatic hydroxyl groups is 1. The summed E-state index contributed by atoms with van der Waals surface area (Å²) in [6.07, 6.45) is 0.659. The van der Waals surface area contributed by atoms with Gasteiger partial charge in [0.25, 0.3) is 11.7 Å². The van der Waals surface area contributed by atoms with Crippen molar-refractivity contribution >= 4 is 17.4 Å². The Morgan fingerprint density at radius 1 is 1.03 bits per heavy atom. The van der Waals surface area contributed by atoms with Gasteiger partial charge in [0.2, 0.25) is 0 Å². The summed E-state index contributed by atoms with van der Waals surface area (Å²) in [7, 11) is 6.96. The Bertz CT molecular complexity index is 1090. The van der Waals surface area contributed by atoms with Crippen LogP contribution in [-0.4, -0.2) is 74.1 Å². The molecule has 35 heavy (non-hydrogen) atoms. The second-order valence-electron chi connectivity index (χ2n) is 8.95. The van der Waals surface area contributed by atoms with Crippen molar-refractivity contribution in [2.24, 2.45) is 0 Å². The fourth-order valence-corrected chi connectivity index (χ4v) is 4.16. The van der Waals surface area contributed by atoms with Gasteiger partial charge >= 0.3 is 0 Å². The van der Waals surface area contributed by atoms with E-state index in [1.54, 1.807) is 49.6 Å². The number of ketones is 1. The summed E-state index contributed by atoms with van der Waals surface area (Å²) in [5.74, 6) is 0.0533. The zero-order valence-electron chi connectivity index (χ0n) is 21.2. The van der Waals surface area contributed by atoms with Crippen LogP contribution in [0, 0.1) is 0 Å². The molecule has 8 nitrogen and oxygen atoms in total. The second kappa shape index (κ2) is 11.3. The largest absolute Gasteiger partial charge is 0.507 e. The Hall–Kier alpha value is -3.52. The number of likely N-dealkylation sites (tertiary alicyclic amines) is 1. The van der Waals surface area contributed by atoms with E-state index in [-0.39, 0.29) is 17.4 Å². The number of Topliss-reactive ketones (excluding diaryl/α,β-unsaturated/α-hetero) is 1. The van der Waals surface area contributed by atoms with E-state index in [1.165, 1.54) is 12.0 Å². The van der Waals surface area contributed by atoms with Gasteiger partial charge < -0.3 is 29.1 Å². The van der Waals surface area contributed by atoms with Crippen molar-refractivity contribution in [3.8, 4) is 17.2 Å². The highest BCUT2D eigenvalue weighted by Gasteiger charge is 2.47. The molecule has 3 rings (SSSR count). The molecule has 1 atom stereocenters. The summed E-state index contributed by atoms with van der Waals surface area (Å²) < 4.78 is 16.6. The van der Waals surface area contributed by atoms with Gasteiger partial charge in [-0.05, 0) is 83.4 Å². The molecule has 1 fully saturated rings. The third kappa shape index (κ3) is 5.77. The van der Waals surface area contributed by atoms with E-state index in [1.807, 2.05) is 32.8 Å². The summed E-state index contributed by atoms with van der Waals surface area (Å²) in [5.41, 5.74) is 1.00. The normalized spacial score (nSPS) is 17.4. The van der Waals surface area contributed by atoms with Crippen molar-refractivity contribution in [1.82, 2.24) is 9.80 Å². The van der Waals surface area contributed by atoms with Crippen LogP contribution < -0.4 is 14.2 Å². The minimum Gasteiger partial charge on any atom is -0.507 e. The fraction of sp³-hybridized carbons (Fsp3) is 0.407. The molecule has 0 unspecified atom stereocenters. The lowest BCUT2D eigenvalue weighted by molar-refractivity contribution is -0.140. The predicted octanol–water partition coefficient (Wildman–Crippen LogP) is 3.86. The number of ether oxygens (including phenoxy) is 3. The molecule has 1 amide bonds. The highest BCUT2D eigenvalue weighted by atomic mass is 16.5. The number of methoxy groups -OCH3 is 2. The first-order valence-corrected chi connectivity index (χ1v) is 11.6. The third-order valence-electron chi connectivity index (χ3n) is 5.78. The third-order valence-corrected chi connectivity index (χ3v) is 5.78. The quantitative estimate of drug-likeness (QED) is 0.312. The fourth-order valence-electron chi connectivity index (χ4n) is 4.16. The maximum Gasteiger partial charge on any atom is 0.295 e. The summed E-state index contributed by atoms with van der Waals surface area (Å²) in [6.45, 7) is 4.92. The average Bonchev–Trinajstić information content (AvgIpc) is 3.08. The molecule has 0 saturated carbocycles. The van der Waals surface area contributed by atoms with Gasteiger partial charge in [0.05, 0.1) is 31.9 Å². The number of benzene rings is 2. The summed E-state index contributed by atoms with van der Waals surface area (Å²) in [6, 6.07) is 11.2. The first-order valence-electron chi connectivity index (χ1n) is 11.6. The van der Waals surface area contributed by atoms with E-state index < -0.39 is 17.7 Å². The van der Waals surface area contributed by atoms with Crippen molar-refractivity contribution in [2.45, 2.75) is 32.4 Å². The smallest absolute Gasteiger partial charge is 0.295 e. The molecule has 0 aromatic heterocycles. The van der Waals surface area contributed by atoms with Crippen molar-refractivity contribution in [3.05, 3.63) is 59.2 Å². The minimum absolute atomic E-state index is 0.00228. The molecule has 1 aliphatic heterocycles. The summed E-state index contributed by atoms with van der Waals surface area (Å²) in [4.78, 5) is 29.9. The Morgan fingerprint density at radius 2 is 1.69 bits per heavy atom. The molecule has 1 N–H and O–H groups in total. The first-order chi connectivity index (χ1) is 16.7. The van der Waals surface area contributed by atoms with Crippen molar-refractivity contribution in [3.63, 3.8) is 0 Å². The molecule has 1 aliphatic rings. The zero-order chi connectivity index (χ0) is 25.7. The van der Waals surface area contributed by atoms with E-state index in [9.17, 15) is 14.7 Å². The average molecular weight is 483 g/mol. The predicted molar refractivity (Wildman–Crippen MR) is 134 cm³/mol. The van der Waals surface area contributed by atoms with Gasteiger partial charge in [0, 0.05) is 17.7 Å². The molecular formula is C27H34N2O6. The van der Waals surface area contributed by atoms with Crippen molar-refractivity contribution in [1.29, 1.82) is 0 Å². The van der Waals surface area contributed by atoms with Crippen LogP contribution in [0.5, 0.6) is 17.2 Å². The minimum atomic E-state index is -0.825. The molecule has 8 heteroatoms. The van der Waals surface area contributed by atoms with Gasteiger partial charge in [-0.15, -0.1) is 0 Å². The standard InChI is InChI=1S/C27H34N2O6/c1-17(2)35-19-10-8-18(9-11-19)25(30)23-24(21-16-20(33-5)12-13-22(21)34-6)29(27(32)26(23)31)15-7-14-28(3)4/h8-13,16-17,24,30H,7,14-15H2,1-6H3/t24-/m1/s1.